The van der Waals surface area contributed by atoms with Gasteiger partial charge in [0.25, 0.3) is 0 Å². The van der Waals surface area contributed by atoms with Crippen LogP contribution in [0.2, 0.25) is 0 Å². The van der Waals surface area contributed by atoms with E-state index in [-0.39, 0.29) is 5.92 Å². The summed E-state index contributed by atoms with van der Waals surface area (Å²) in [6.07, 6.45) is -1.87. The van der Waals surface area contributed by atoms with Gasteiger partial charge in [-0.3, -0.25) is 0 Å². The van der Waals surface area contributed by atoms with E-state index in [4.69, 9.17) is 9.47 Å². The van der Waals surface area contributed by atoms with Gasteiger partial charge in [0.05, 0.1) is 6.61 Å². The van der Waals surface area contributed by atoms with E-state index in [1.165, 1.54) is 0 Å². The third-order valence-corrected chi connectivity index (χ3v) is 4.40. The molecule has 6 heteroatoms. The second kappa shape index (κ2) is 8.57. The molecule has 0 aliphatic carbocycles. The summed E-state index contributed by atoms with van der Waals surface area (Å²) in [7, 11) is 0. The van der Waals surface area contributed by atoms with Crippen molar-refractivity contribution in [2.45, 2.75) is 77.2 Å². The highest BCUT2D eigenvalue weighted by Gasteiger charge is 2.56. The maximum Gasteiger partial charge on any atom is 0.189 e. The number of aliphatic hydroxyl groups excluding tert-OH is 3. The Morgan fingerprint density at radius 2 is 1.77 bits per heavy atom. The number of ether oxygens (including phenoxy) is 2. The van der Waals surface area contributed by atoms with Crippen LogP contribution in [-0.2, 0) is 9.47 Å². The monoisotopic (exact) mass is 320 g/mol. The summed E-state index contributed by atoms with van der Waals surface area (Å²) in [6.45, 7) is 7.73. The van der Waals surface area contributed by atoms with E-state index < -0.39 is 36.8 Å². The van der Waals surface area contributed by atoms with E-state index >= 15 is 0 Å². The van der Waals surface area contributed by atoms with Crippen molar-refractivity contribution >= 4 is 0 Å². The summed E-state index contributed by atoms with van der Waals surface area (Å²) >= 11 is 0. The minimum Gasteiger partial charge on any atom is -0.394 e. The molecule has 1 aliphatic heterocycles. The standard InChI is InChI=1S/C16H32O6/c1-10(2)7-5-6-8-21-15-16(20,11(3)4)14(19)13(18)12(9-17)22-15/h10-15,17-20H,5-9H2,1-4H3/t12-,13-,14+,15?,16-/m1/s1. The zero-order valence-corrected chi connectivity index (χ0v) is 14.1. The highest BCUT2D eigenvalue weighted by atomic mass is 16.7. The van der Waals surface area contributed by atoms with E-state index in [0.717, 1.165) is 19.3 Å². The Kier molecular flexibility index (Phi) is 7.71. The first-order chi connectivity index (χ1) is 10.2. The topological polar surface area (TPSA) is 99.4 Å². The van der Waals surface area contributed by atoms with Crippen molar-refractivity contribution in [3.8, 4) is 0 Å². The van der Waals surface area contributed by atoms with Gasteiger partial charge in [-0.1, -0.05) is 40.5 Å². The van der Waals surface area contributed by atoms with Gasteiger partial charge in [-0.25, -0.2) is 0 Å². The Hall–Kier alpha value is -0.240. The molecule has 6 nitrogen and oxygen atoms in total. The van der Waals surface area contributed by atoms with Crippen LogP contribution >= 0.6 is 0 Å². The summed E-state index contributed by atoms with van der Waals surface area (Å²) in [5, 5.41) is 40.2. The molecule has 1 unspecified atom stereocenters. The molecule has 1 heterocycles. The van der Waals surface area contributed by atoms with E-state index in [1.807, 2.05) is 0 Å². The Morgan fingerprint density at radius 3 is 2.27 bits per heavy atom. The van der Waals surface area contributed by atoms with Gasteiger partial charge in [0.15, 0.2) is 6.29 Å². The summed E-state index contributed by atoms with van der Waals surface area (Å²) in [6, 6.07) is 0. The molecule has 0 radical (unpaired) electrons. The zero-order chi connectivity index (χ0) is 16.9. The lowest BCUT2D eigenvalue weighted by atomic mass is 9.78. The van der Waals surface area contributed by atoms with Gasteiger partial charge in [-0.2, -0.15) is 0 Å². The molecular formula is C16H32O6. The van der Waals surface area contributed by atoms with Crippen LogP contribution in [0.5, 0.6) is 0 Å². The molecule has 0 bridgehead atoms. The van der Waals surface area contributed by atoms with Crippen LogP contribution < -0.4 is 0 Å². The van der Waals surface area contributed by atoms with Crippen LogP contribution in [0, 0.1) is 11.8 Å². The molecule has 0 spiro atoms. The first kappa shape index (κ1) is 19.8. The largest absolute Gasteiger partial charge is 0.394 e. The average Bonchev–Trinajstić information content (AvgIpc) is 2.46. The fraction of sp³-hybridized carbons (Fsp3) is 1.00. The molecule has 4 N–H and O–H groups in total. The first-order valence-corrected chi connectivity index (χ1v) is 8.21. The normalized spacial score (nSPS) is 36.3. The second-order valence-corrected chi connectivity index (χ2v) is 6.93. The van der Waals surface area contributed by atoms with Crippen LogP contribution in [0.25, 0.3) is 0 Å². The molecule has 0 aromatic heterocycles. The van der Waals surface area contributed by atoms with Crippen molar-refractivity contribution in [2.75, 3.05) is 13.2 Å². The predicted octanol–water partition coefficient (Wildman–Crippen LogP) is 0.655. The van der Waals surface area contributed by atoms with Crippen LogP contribution in [0.15, 0.2) is 0 Å². The zero-order valence-electron chi connectivity index (χ0n) is 14.1. The number of unbranched alkanes of at least 4 members (excludes halogenated alkanes) is 1. The maximum atomic E-state index is 10.8. The van der Waals surface area contributed by atoms with Gasteiger partial charge in [0, 0.05) is 6.61 Å². The van der Waals surface area contributed by atoms with E-state index in [9.17, 15) is 20.4 Å². The van der Waals surface area contributed by atoms with Crippen LogP contribution in [0.4, 0.5) is 0 Å². The van der Waals surface area contributed by atoms with Crippen molar-refractivity contribution in [3.05, 3.63) is 0 Å². The van der Waals surface area contributed by atoms with Gasteiger partial charge in [0.2, 0.25) is 0 Å². The molecule has 0 amide bonds. The number of hydrogen-bond acceptors (Lipinski definition) is 6. The molecule has 1 aliphatic rings. The molecule has 0 aromatic rings. The van der Waals surface area contributed by atoms with Crippen molar-refractivity contribution in [3.63, 3.8) is 0 Å². The van der Waals surface area contributed by atoms with Crippen molar-refractivity contribution < 1.29 is 29.9 Å². The summed E-state index contributed by atoms with van der Waals surface area (Å²) in [5.74, 6) is 0.256. The van der Waals surface area contributed by atoms with Gasteiger partial charge in [-0.15, -0.1) is 0 Å². The number of rotatable bonds is 8. The van der Waals surface area contributed by atoms with Gasteiger partial charge < -0.3 is 29.9 Å². The first-order valence-electron chi connectivity index (χ1n) is 8.21. The Morgan fingerprint density at radius 1 is 1.14 bits per heavy atom. The summed E-state index contributed by atoms with van der Waals surface area (Å²) in [5.41, 5.74) is -1.71. The predicted molar refractivity (Wildman–Crippen MR) is 82.2 cm³/mol. The van der Waals surface area contributed by atoms with E-state index in [1.54, 1.807) is 13.8 Å². The molecule has 22 heavy (non-hydrogen) atoms. The Labute approximate surface area is 133 Å². The lowest BCUT2D eigenvalue weighted by Gasteiger charge is -2.49. The van der Waals surface area contributed by atoms with Gasteiger partial charge in [-0.05, 0) is 18.3 Å². The number of hydrogen-bond donors (Lipinski definition) is 4. The van der Waals surface area contributed by atoms with Crippen LogP contribution in [0.3, 0.4) is 0 Å². The Balaban J connectivity index is 2.66. The van der Waals surface area contributed by atoms with E-state index in [2.05, 4.69) is 13.8 Å². The van der Waals surface area contributed by atoms with Crippen molar-refractivity contribution in [1.82, 2.24) is 0 Å². The molecule has 0 saturated carbocycles. The average molecular weight is 320 g/mol. The molecule has 0 aromatic carbocycles. The minimum absolute atomic E-state index is 0.377. The van der Waals surface area contributed by atoms with Gasteiger partial charge in [0.1, 0.15) is 23.9 Å². The number of aliphatic hydroxyl groups is 4. The third kappa shape index (κ3) is 4.40. The Bertz CT molecular complexity index is 322. The minimum atomic E-state index is -1.71. The quantitative estimate of drug-likeness (QED) is 0.490. The van der Waals surface area contributed by atoms with Crippen LogP contribution in [0.1, 0.15) is 47.0 Å². The molecule has 132 valence electrons. The fourth-order valence-electron chi connectivity index (χ4n) is 2.75. The molecule has 1 rings (SSSR count). The maximum absolute atomic E-state index is 10.8. The second-order valence-electron chi connectivity index (χ2n) is 6.93. The highest BCUT2D eigenvalue weighted by Crippen LogP contribution is 2.36. The van der Waals surface area contributed by atoms with E-state index in [0.29, 0.717) is 12.5 Å². The molecule has 5 atom stereocenters. The fourth-order valence-corrected chi connectivity index (χ4v) is 2.75. The summed E-state index contributed by atoms with van der Waals surface area (Å²) < 4.78 is 11.1. The SMILES string of the molecule is CC(C)CCCCOC1O[C@H](CO)[C@@H](O)[C@H](O)[C@]1(O)C(C)C. The lowest BCUT2D eigenvalue weighted by molar-refractivity contribution is -0.352. The van der Waals surface area contributed by atoms with Crippen molar-refractivity contribution in [2.24, 2.45) is 11.8 Å². The van der Waals surface area contributed by atoms with Gasteiger partial charge >= 0.3 is 0 Å². The van der Waals surface area contributed by atoms with Crippen molar-refractivity contribution in [1.29, 1.82) is 0 Å². The highest BCUT2D eigenvalue weighted by molar-refractivity contribution is 5.02. The third-order valence-electron chi connectivity index (χ3n) is 4.40. The van der Waals surface area contributed by atoms with Crippen LogP contribution in [-0.4, -0.2) is 63.8 Å². The molecular weight excluding hydrogens is 288 g/mol. The molecule has 1 fully saturated rings. The lowest BCUT2D eigenvalue weighted by Crippen LogP contribution is -2.69. The molecule has 1 saturated heterocycles. The summed E-state index contributed by atoms with van der Waals surface area (Å²) in [4.78, 5) is 0. The smallest absolute Gasteiger partial charge is 0.189 e.